The van der Waals surface area contributed by atoms with E-state index in [1.165, 1.54) is 77.2 Å². The van der Waals surface area contributed by atoms with Crippen molar-refractivity contribution in [1.29, 1.82) is 0 Å². The molecule has 0 aliphatic heterocycles. The van der Waals surface area contributed by atoms with Crippen LogP contribution >= 0.6 is 0 Å². The van der Waals surface area contributed by atoms with Crippen LogP contribution < -0.4 is 0 Å². The summed E-state index contributed by atoms with van der Waals surface area (Å²) in [5.74, 6) is 0. The summed E-state index contributed by atoms with van der Waals surface area (Å²) < 4.78 is 0. The maximum atomic E-state index is 2.46. The molecule has 0 fully saturated rings. The van der Waals surface area contributed by atoms with E-state index in [1.807, 2.05) is 55.4 Å². The summed E-state index contributed by atoms with van der Waals surface area (Å²) in [4.78, 5) is 0. The van der Waals surface area contributed by atoms with Gasteiger partial charge in [0.1, 0.15) is 0 Å². The molecule has 0 saturated heterocycles. The van der Waals surface area contributed by atoms with Gasteiger partial charge in [-0.25, -0.2) is 0 Å². The number of hydrogen-bond acceptors (Lipinski definition) is 0. The molecule has 0 atom stereocenters. The van der Waals surface area contributed by atoms with Gasteiger partial charge < -0.3 is 0 Å². The Balaban J connectivity index is 0.00000123. The molecule has 5 rings (SSSR count). The fourth-order valence-corrected chi connectivity index (χ4v) is 5.58. The molecule has 0 unspecified atom stereocenters. The van der Waals surface area contributed by atoms with E-state index in [-0.39, 0.29) is 10.8 Å². The zero-order valence-electron chi connectivity index (χ0n) is 32.9. The van der Waals surface area contributed by atoms with Crippen LogP contribution in [0.3, 0.4) is 0 Å². The fourth-order valence-electron chi connectivity index (χ4n) is 5.58. The normalized spacial score (nSPS) is 10.8. The van der Waals surface area contributed by atoms with Gasteiger partial charge in [0.25, 0.3) is 0 Å². The molecule has 0 N–H and O–H groups in total. The van der Waals surface area contributed by atoms with Crippen LogP contribution in [0.4, 0.5) is 0 Å². The van der Waals surface area contributed by atoms with Crippen molar-refractivity contribution in [1.82, 2.24) is 0 Å². The second-order valence-corrected chi connectivity index (χ2v) is 13.4. The molecule has 46 heavy (non-hydrogen) atoms. The number of hydrogen-bond donors (Lipinski definition) is 0. The van der Waals surface area contributed by atoms with Gasteiger partial charge in [-0.15, -0.1) is 0 Å². The summed E-state index contributed by atoms with van der Waals surface area (Å²) in [5, 5.41) is 5.33. The molecule has 250 valence electrons. The average molecular weight is 619 g/mol. The minimum atomic E-state index is 0.0698. The highest BCUT2D eigenvalue weighted by atomic mass is 14.3. The molecule has 0 aliphatic carbocycles. The van der Waals surface area contributed by atoms with Gasteiger partial charge in [0, 0.05) is 0 Å². The Kier molecular flexibility index (Phi) is 15.5. The first-order valence-electron chi connectivity index (χ1n) is 18.0. The number of benzene rings is 5. The lowest BCUT2D eigenvalue weighted by Gasteiger charge is -2.25. The smallest absolute Gasteiger partial charge is 0.00262 e. The van der Waals surface area contributed by atoms with E-state index in [9.17, 15) is 0 Å². The Bertz CT molecular complexity index is 1570. The molecule has 0 nitrogen and oxygen atoms in total. The van der Waals surface area contributed by atoms with Crippen LogP contribution in [0.1, 0.15) is 130 Å². The average Bonchev–Trinajstić information content (AvgIpc) is 3.05. The van der Waals surface area contributed by atoms with Crippen molar-refractivity contribution in [3.63, 3.8) is 0 Å². The maximum Gasteiger partial charge on any atom is -0.00262 e. The van der Waals surface area contributed by atoms with Crippen molar-refractivity contribution < 1.29 is 0 Å². The van der Waals surface area contributed by atoms with Crippen molar-refractivity contribution in [3.05, 3.63) is 106 Å². The van der Waals surface area contributed by atoms with Crippen LogP contribution in [0.15, 0.2) is 72.8 Å². The Hall–Kier alpha value is -3.38. The molecule has 0 saturated carbocycles. The fraction of sp³-hybridized carbons (Fsp3) is 0.435. The number of rotatable bonds is 2. The third-order valence-electron chi connectivity index (χ3n) is 8.44. The quantitative estimate of drug-likeness (QED) is 0.173. The molecular weight excluding hydrogens is 553 g/mol. The zero-order valence-corrected chi connectivity index (χ0v) is 32.9. The van der Waals surface area contributed by atoms with Gasteiger partial charge in [-0.2, -0.15) is 0 Å². The van der Waals surface area contributed by atoms with Crippen LogP contribution in [0.2, 0.25) is 0 Å². The first kappa shape index (κ1) is 40.6. The monoisotopic (exact) mass is 619 g/mol. The van der Waals surface area contributed by atoms with E-state index < -0.39 is 0 Å². The Labute approximate surface area is 284 Å². The van der Waals surface area contributed by atoms with E-state index in [0.717, 1.165) is 0 Å². The summed E-state index contributed by atoms with van der Waals surface area (Å²) in [6.45, 7) is 38.7. The van der Waals surface area contributed by atoms with Crippen molar-refractivity contribution in [3.8, 4) is 22.3 Å². The van der Waals surface area contributed by atoms with E-state index in [4.69, 9.17) is 0 Å². The first-order chi connectivity index (χ1) is 21.8. The molecule has 5 aromatic rings. The third-order valence-corrected chi connectivity index (χ3v) is 8.44. The number of aryl methyl sites for hydroxylation is 4. The molecule has 0 radical (unpaired) electrons. The SMILES string of the molecule is CC.CC.CC.CC.Cc1ccc(-c2c3ccc(C(C)(C)C)cc3c(-c3ccc(C)c(C)c3)c3ccc(C(C)(C)C)cc23)cc1C. The summed E-state index contributed by atoms with van der Waals surface area (Å²) >= 11 is 0. The highest BCUT2D eigenvalue weighted by molar-refractivity contribution is 6.21. The van der Waals surface area contributed by atoms with Gasteiger partial charge in [-0.1, -0.05) is 158 Å². The molecule has 0 heterocycles. The molecule has 0 bridgehead atoms. The van der Waals surface area contributed by atoms with Gasteiger partial charge in [0.05, 0.1) is 0 Å². The Morgan fingerprint density at radius 3 is 0.891 bits per heavy atom. The van der Waals surface area contributed by atoms with Crippen molar-refractivity contribution in [2.75, 3.05) is 0 Å². The van der Waals surface area contributed by atoms with Gasteiger partial charge in [-0.05, 0) is 128 Å². The van der Waals surface area contributed by atoms with Crippen LogP contribution in [0, 0.1) is 27.7 Å². The summed E-state index contributed by atoms with van der Waals surface area (Å²) in [6, 6.07) is 28.3. The summed E-state index contributed by atoms with van der Waals surface area (Å²) in [6.07, 6.45) is 0. The predicted octanol–water partition coefficient (Wildman–Crippen LogP) is 15.3. The molecule has 0 aliphatic rings. The van der Waals surface area contributed by atoms with Gasteiger partial charge in [0.15, 0.2) is 0 Å². The van der Waals surface area contributed by atoms with Crippen LogP contribution in [-0.4, -0.2) is 0 Å². The van der Waals surface area contributed by atoms with Crippen LogP contribution in [0.5, 0.6) is 0 Å². The first-order valence-corrected chi connectivity index (χ1v) is 18.0. The molecule has 0 aromatic heterocycles. The third kappa shape index (κ3) is 8.90. The van der Waals surface area contributed by atoms with E-state index >= 15 is 0 Å². The Morgan fingerprint density at radius 2 is 0.630 bits per heavy atom. The highest BCUT2D eigenvalue weighted by Crippen LogP contribution is 2.46. The van der Waals surface area contributed by atoms with E-state index in [1.54, 1.807) is 0 Å². The van der Waals surface area contributed by atoms with Crippen LogP contribution in [-0.2, 0) is 10.8 Å². The molecule has 5 aromatic carbocycles. The minimum absolute atomic E-state index is 0.0698. The standard InChI is InChI=1S/C38H42.4C2H6/c1-23-11-13-27(19-25(23)3)35-31-17-15-30(38(8,9)10)22-34(31)36(28-14-12-24(2)26(4)20-28)32-18-16-29(21-33(32)35)37(5,6)7;4*1-2/h11-22H,1-10H3;4*1-2H3. The Morgan fingerprint density at radius 1 is 0.326 bits per heavy atom. The molecule has 0 heteroatoms. The van der Waals surface area contributed by atoms with Gasteiger partial charge in [0.2, 0.25) is 0 Å². The lowest BCUT2D eigenvalue weighted by Crippen LogP contribution is -2.11. The topological polar surface area (TPSA) is 0 Å². The van der Waals surface area contributed by atoms with Crippen molar-refractivity contribution in [2.24, 2.45) is 0 Å². The second-order valence-electron chi connectivity index (χ2n) is 13.4. The lowest BCUT2D eigenvalue weighted by atomic mass is 9.79. The van der Waals surface area contributed by atoms with Crippen molar-refractivity contribution >= 4 is 21.5 Å². The summed E-state index contributed by atoms with van der Waals surface area (Å²) in [5.41, 5.74) is 13.5. The van der Waals surface area contributed by atoms with E-state index in [2.05, 4.69) is 142 Å². The van der Waals surface area contributed by atoms with Gasteiger partial charge in [-0.3, -0.25) is 0 Å². The number of fused-ring (bicyclic) bond motifs is 2. The van der Waals surface area contributed by atoms with Crippen molar-refractivity contribution in [2.45, 2.75) is 135 Å². The largest absolute Gasteiger partial charge is 0.0683 e. The summed E-state index contributed by atoms with van der Waals surface area (Å²) in [7, 11) is 0. The second kappa shape index (κ2) is 17.5. The van der Waals surface area contributed by atoms with E-state index in [0.29, 0.717) is 0 Å². The van der Waals surface area contributed by atoms with Gasteiger partial charge >= 0.3 is 0 Å². The molecule has 0 amide bonds. The minimum Gasteiger partial charge on any atom is -0.0683 e. The molecular formula is C46H66. The zero-order chi connectivity index (χ0) is 35.6. The lowest BCUT2D eigenvalue weighted by molar-refractivity contribution is 0.590. The molecule has 0 spiro atoms. The van der Waals surface area contributed by atoms with Crippen LogP contribution in [0.25, 0.3) is 43.8 Å². The maximum absolute atomic E-state index is 2.46. The predicted molar refractivity (Wildman–Crippen MR) is 214 cm³/mol. The highest BCUT2D eigenvalue weighted by Gasteiger charge is 2.22.